The van der Waals surface area contributed by atoms with E-state index in [4.69, 9.17) is 0 Å². The van der Waals surface area contributed by atoms with Gasteiger partial charge in [0, 0.05) is 0 Å². The molecule has 0 rings (SSSR count). The maximum Gasteiger partial charge on any atom is 0.126 e. The smallest absolute Gasteiger partial charge is 0.126 e. The van der Waals surface area contributed by atoms with Crippen LogP contribution in [0.5, 0.6) is 0 Å². The third kappa shape index (κ3) is 194. The Balaban J connectivity index is -0.0000000262. The molecule has 0 heterocycles. The summed E-state index contributed by atoms with van der Waals surface area (Å²) in [4.78, 5) is 9.44. The number of Topliss-reactive ketones (excluding diaryl/α,β-unsaturated/α-hetero) is 1. The molecule has 1 heteroatoms. The molecule has 0 aliphatic carbocycles. The summed E-state index contributed by atoms with van der Waals surface area (Å²) < 4.78 is 0. The van der Waals surface area contributed by atoms with Gasteiger partial charge in [-0.1, -0.05) is 0 Å². The Hall–Kier alpha value is -1.11. The largest absolute Gasteiger partial charge is 0.300 e. The van der Waals surface area contributed by atoms with Crippen molar-refractivity contribution < 1.29 is 4.79 Å². The molecule has 0 atom stereocenters. The van der Waals surface area contributed by atoms with E-state index in [1.165, 1.54) is 13.8 Å². The van der Waals surface area contributed by atoms with Crippen LogP contribution in [0.2, 0.25) is 0 Å². The number of hydrogen-bond acceptors (Lipinski definition) is 1. The summed E-state index contributed by atoms with van der Waals surface area (Å²) in [6.07, 6.45) is 0. The molecule has 1 nitrogen and oxygen atoms in total. The van der Waals surface area contributed by atoms with Crippen LogP contribution < -0.4 is 0 Å². The zero-order chi connectivity index (χ0) is 9.58. The minimum absolute atomic E-state index is 0.167. The molecule has 0 saturated carbocycles. The number of ketones is 1. The molecule has 0 bridgehead atoms. The third-order valence-electron chi connectivity index (χ3n) is 0. The lowest BCUT2D eigenvalue weighted by molar-refractivity contribution is -0.114. The SMILES string of the molecule is C=C.C=C.C=C.CC(C)=O. The van der Waals surface area contributed by atoms with Crippen LogP contribution in [-0.2, 0) is 4.79 Å². The summed E-state index contributed by atoms with van der Waals surface area (Å²) in [6, 6.07) is 0. The first-order chi connectivity index (χ1) is 4.73. The Morgan fingerprint density at radius 2 is 0.800 bits per heavy atom. The molecule has 0 fully saturated rings. The molecule has 0 aromatic carbocycles. The molecule has 0 aromatic rings. The highest BCUT2D eigenvalue weighted by molar-refractivity contribution is 5.72. The number of hydrogen-bond donors (Lipinski definition) is 0. The first kappa shape index (κ1) is 23.1. The quantitative estimate of drug-likeness (QED) is 0.475. The first-order valence-corrected chi connectivity index (χ1v) is 2.70. The van der Waals surface area contributed by atoms with E-state index in [0.717, 1.165) is 0 Å². The molecular weight excluding hydrogens is 124 g/mol. The number of carbonyl (C=O) groups excluding carboxylic acids is 1. The molecule has 0 aliphatic rings. The van der Waals surface area contributed by atoms with Crippen molar-refractivity contribution in [2.75, 3.05) is 0 Å². The highest BCUT2D eigenvalue weighted by Gasteiger charge is 1.62. The third-order valence-corrected chi connectivity index (χ3v) is 0. The maximum atomic E-state index is 9.44. The summed E-state index contributed by atoms with van der Waals surface area (Å²) in [5.74, 6) is 0.167. The van der Waals surface area contributed by atoms with Gasteiger partial charge in [0.1, 0.15) is 5.78 Å². The second kappa shape index (κ2) is 105. The fourth-order valence-corrected chi connectivity index (χ4v) is 0. The molecule has 10 heavy (non-hydrogen) atoms. The molecule has 0 radical (unpaired) electrons. The van der Waals surface area contributed by atoms with Crippen LogP contribution in [0.4, 0.5) is 0 Å². The van der Waals surface area contributed by atoms with Crippen LogP contribution in [0.15, 0.2) is 39.5 Å². The summed E-state index contributed by atoms with van der Waals surface area (Å²) in [5, 5.41) is 0. The Morgan fingerprint density at radius 3 is 0.800 bits per heavy atom. The topological polar surface area (TPSA) is 17.1 Å². The normalized spacial score (nSPS) is 3.80. The van der Waals surface area contributed by atoms with Crippen molar-refractivity contribution in [2.24, 2.45) is 0 Å². The average molecular weight is 142 g/mol. The van der Waals surface area contributed by atoms with E-state index >= 15 is 0 Å². The standard InChI is InChI=1S/C3H6O.3C2H4/c1-3(2)4;3*1-2/h1-2H3;3*1-2H2. The molecule has 0 N–H and O–H groups in total. The average Bonchev–Trinajstić information content (AvgIpc) is 1.98. The van der Waals surface area contributed by atoms with E-state index < -0.39 is 0 Å². The summed E-state index contributed by atoms with van der Waals surface area (Å²) in [5.41, 5.74) is 0. The second-order valence-corrected chi connectivity index (χ2v) is 0.908. The maximum absolute atomic E-state index is 9.44. The van der Waals surface area contributed by atoms with E-state index in [1.807, 2.05) is 0 Å². The fourth-order valence-electron chi connectivity index (χ4n) is 0. The molecule has 0 amide bonds. The van der Waals surface area contributed by atoms with Gasteiger partial charge in [-0.2, -0.15) is 0 Å². The lowest BCUT2D eigenvalue weighted by atomic mass is 10.6. The van der Waals surface area contributed by atoms with Gasteiger partial charge in [-0.25, -0.2) is 0 Å². The van der Waals surface area contributed by atoms with Gasteiger partial charge in [-0.15, -0.1) is 39.5 Å². The summed E-state index contributed by atoms with van der Waals surface area (Å²) in [6.45, 7) is 21.1. The van der Waals surface area contributed by atoms with Crippen molar-refractivity contribution in [2.45, 2.75) is 13.8 Å². The monoisotopic (exact) mass is 142 g/mol. The van der Waals surface area contributed by atoms with Crippen LogP contribution >= 0.6 is 0 Å². The first-order valence-electron chi connectivity index (χ1n) is 2.70. The van der Waals surface area contributed by atoms with Crippen molar-refractivity contribution >= 4 is 5.78 Å². The molecule has 0 spiro atoms. The van der Waals surface area contributed by atoms with Crippen molar-refractivity contribution in [1.29, 1.82) is 0 Å². The Morgan fingerprint density at radius 1 is 0.800 bits per heavy atom. The second-order valence-electron chi connectivity index (χ2n) is 0.908. The van der Waals surface area contributed by atoms with Crippen molar-refractivity contribution in [3.63, 3.8) is 0 Å². The van der Waals surface area contributed by atoms with Crippen LogP contribution in [0.3, 0.4) is 0 Å². The minimum atomic E-state index is 0.167. The predicted molar refractivity (Wildman–Crippen MR) is 50.1 cm³/mol. The highest BCUT2D eigenvalue weighted by atomic mass is 16.1. The fraction of sp³-hybridized carbons (Fsp3) is 0.222. The Kier molecular flexibility index (Phi) is 243. The van der Waals surface area contributed by atoms with Crippen molar-refractivity contribution in [1.82, 2.24) is 0 Å². The van der Waals surface area contributed by atoms with Crippen LogP contribution in [0, 0.1) is 0 Å². The van der Waals surface area contributed by atoms with Crippen LogP contribution in [-0.4, -0.2) is 5.78 Å². The van der Waals surface area contributed by atoms with E-state index in [0.29, 0.717) is 0 Å². The zero-order valence-electron chi connectivity index (χ0n) is 7.15. The minimum Gasteiger partial charge on any atom is -0.300 e. The Labute approximate surface area is 64.8 Å². The van der Waals surface area contributed by atoms with E-state index in [9.17, 15) is 4.79 Å². The lowest BCUT2D eigenvalue weighted by Gasteiger charge is -1.56. The molecule has 60 valence electrons. The Bertz CT molecular complexity index is 49.0. The van der Waals surface area contributed by atoms with Crippen molar-refractivity contribution in [3.05, 3.63) is 39.5 Å². The van der Waals surface area contributed by atoms with E-state index in [1.54, 1.807) is 0 Å². The van der Waals surface area contributed by atoms with Gasteiger partial charge in [-0.05, 0) is 13.8 Å². The van der Waals surface area contributed by atoms with Gasteiger partial charge >= 0.3 is 0 Å². The molecule has 0 aromatic heterocycles. The summed E-state index contributed by atoms with van der Waals surface area (Å²) >= 11 is 0. The van der Waals surface area contributed by atoms with Gasteiger partial charge in [0.2, 0.25) is 0 Å². The highest BCUT2D eigenvalue weighted by Crippen LogP contribution is 1.50. The van der Waals surface area contributed by atoms with E-state index in [2.05, 4.69) is 39.5 Å². The number of carbonyl (C=O) groups is 1. The van der Waals surface area contributed by atoms with Crippen molar-refractivity contribution in [3.8, 4) is 0 Å². The number of rotatable bonds is 0. The molecule has 0 aliphatic heterocycles. The van der Waals surface area contributed by atoms with Gasteiger partial charge in [0.25, 0.3) is 0 Å². The molecule has 0 saturated heterocycles. The van der Waals surface area contributed by atoms with Gasteiger partial charge in [-0.3, -0.25) is 0 Å². The van der Waals surface area contributed by atoms with Crippen LogP contribution in [0.25, 0.3) is 0 Å². The molecule has 0 unspecified atom stereocenters. The van der Waals surface area contributed by atoms with Gasteiger partial charge in [0.15, 0.2) is 0 Å². The molecular formula is C9H18O. The van der Waals surface area contributed by atoms with Crippen LogP contribution in [0.1, 0.15) is 13.8 Å². The summed E-state index contributed by atoms with van der Waals surface area (Å²) in [7, 11) is 0. The lowest BCUT2D eigenvalue weighted by Crippen LogP contribution is -1.69. The zero-order valence-corrected chi connectivity index (χ0v) is 7.15. The predicted octanol–water partition coefficient (Wildman–Crippen LogP) is 3.00. The van der Waals surface area contributed by atoms with Gasteiger partial charge < -0.3 is 4.79 Å². The van der Waals surface area contributed by atoms with E-state index in [-0.39, 0.29) is 5.78 Å². The van der Waals surface area contributed by atoms with Gasteiger partial charge in [0.05, 0.1) is 0 Å².